The van der Waals surface area contributed by atoms with Crippen molar-refractivity contribution in [2.75, 3.05) is 26.2 Å². The largest absolute Gasteiger partial charge is 0.364 e. The summed E-state index contributed by atoms with van der Waals surface area (Å²) >= 11 is 0. The summed E-state index contributed by atoms with van der Waals surface area (Å²) in [5, 5.41) is 3.90. The van der Waals surface area contributed by atoms with E-state index in [0.29, 0.717) is 37.6 Å². The number of hydrogen-bond acceptors (Lipinski definition) is 5. The highest BCUT2D eigenvalue weighted by Crippen LogP contribution is 2.22. The highest BCUT2D eigenvalue weighted by atomic mass is 32.2. The summed E-state index contributed by atoms with van der Waals surface area (Å²) in [6.45, 7) is 6.87. The Labute approximate surface area is 136 Å². The third-order valence-electron chi connectivity index (χ3n) is 4.16. The van der Waals surface area contributed by atoms with Gasteiger partial charge >= 0.3 is 0 Å². The van der Waals surface area contributed by atoms with Crippen LogP contribution >= 0.6 is 0 Å². The van der Waals surface area contributed by atoms with Gasteiger partial charge in [-0.25, -0.2) is 8.42 Å². The van der Waals surface area contributed by atoms with Crippen molar-refractivity contribution >= 4 is 10.0 Å². The molecule has 23 heavy (non-hydrogen) atoms. The number of aryl methyl sites for hydroxylation is 2. The molecule has 1 fully saturated rings. The van der Waals surface area contributed by atoms with E-state index >= 15 is 0 Å². The van der Waals surface area contributed by atoms with Crippen LogP contribution in [0, 0.1) is 13.8 Å². The van der Waals surface area contributed by atoms with Crippen LogP contribution in [0.4, 0.5) is 0 Å². The molecule has 1 saturated heterocycles. The molecule has 0 saturated carbocycles. The van der Waals surface area contributed by atoms with Gasteiger partial charge in [0.2, 0.25) is 10.0 Å². The molecular weight excluding hydrogens is 314 g/mol. The van der Waals surface area contributed by atoms with Gasteiger partial charge < -0.3 is 4.52 Å². The molecule has 1 aromatic heterocycles. The number of sulfonamides is 1. The third kappa shape index (κ3) is 3.46. The molecule has 2 aromatic rings. The van der Waals surface area contributed by atoms with Gasteiger partial charge in [0.05, 0.1) is 10.6 Å². The lowest BCUT2D eigenvalue weighted by atomic mass is 10.2. The number of nitrogens with zero attached hydrogens (tertiary/aromatic N) is 3. The SMILES string of the molecule is Cc1ccc(S(=O)(=O)N2CCN(Cc3ccon3)CC2)c(C)c1. The minimum absolute atomic E-state index is 0.410. The van der Waals surface area contributed by atoms with E-state index in [2.05, 4.69) is 10.1 Å². The van der Waals surface area contributed by atoms with Crippen molar-refractivity contribution in [1.82, 2.24) is 14.4 Å². The highest BCUT2D eigenvalue weighted by molar-refractivity contribution is 7.89. The van der Waals surface area contributed by atoms with E-state index < -0.39 is 10.0 Å². The van der Waals surface area contributed by atoms with Crippen molar-refractivity contribution in [3.8, 4) is 0 Å². The Balaban J connectivity index is 1.68. The van der Waals surface area contributed by atoms with E-state index in [4.69, 9.17) is 4.52 Å². The fourth-order valence-corrected chi connectivity index (χ4v) is 4.53. The Bertz CT molecular complexity index is 764. The van der Waals surface area contributed by atoms with Gasteiger partial charge in [0.15, 0.2) is 0 Å². The Hall–Kier alpha value is -1.70. The van der Waals surface area contributed by atoms with Crippen LogP contribution < -0.4 is 0 Å². The normalized spacial score (nSPS) is 17.5. The molecule has 0 radical (unpaired) electrons. The zero-order valence-corrected chi connectivity index (χ0v) is 14.2. The summed E-state index contributed by atoms with van der Waals surface area (Å²) in [4.78, 5) is 2.60. The van der Waals surface area contributed by atoms with Crippen LogP contribution in [0.5, 0.6) is 0 Å². The van der Waals surface area contributed by atoms with Crippen molar-refractivity contribution in [2.24, 2.45) is 0 Å². The second-order valence-corrected chi connectivity index (χ2v) is 7.85. The standard InChI is InChI=1S/C16H21N3O3S/c1-13-3-4-16(14(2)11-13)23(20,21)19-8-6-18(7-9-19)12-15-5-10-22-17-15/h3-5,10-11H,6-9,12H2,1-2H3. The number of benzene rings is 1. The quantitative estimate of drug-likeness (QED) is 0.852. The van der Waals surface area contributed by atoms with Gasteiger partial charge in [-0.15, -0.1) is 0 Å². The van der Waals surface area contributed by atoms with Gasteiger partial charge in [0.1, 0.15) is 6.26 Å². The summed E-state index contributed by atoms with van der Waals surface area (Å²) in [6.07, 6.45) is 1.55. The van der Waals surface area contributed by atoms with Crippen LogP contribution in [-0.2, 0) is 16.6 Å². The van der Waals surface area contributed by atoms with Gasteiger partial charge in [-0.05, 0) is 25.5 Å². The molecule has 7 heteroatoms. The Morgan fingerprint density at radius 2 is 1.87 bits per heavy atom. The molecule has 1 aromatic carbocycles. The topological polar surface area (TPSA) is 66.7 Å². The second-order valence-electron chi connectivity index (χ2n) is 5.94. The predicted molar refractivity (Wildman–Crippen MR) is 86.5 cm³/mol. The molecule has 124 valence electrons. The Morgan fingerprint density at radius 3 is 2.48 bits per heavy atom. The predicted octanol–water partition coefficient (Wildman–Crippen LogP) is 1.80. The van der Waals surface area contributed by atoms with Crippen LogP contribution in [-0.4, -0.2) is 49.0 Å². The van der Waals surface area contributed by atoms with Gasteiger partial charge in [-0.3, -0.25) is 4.90 Å². The first-order chi connectivity index (χ1) is 11.0. The maximum Gasteiger partial charge on any atom is 0.243 e. The van der Waals surface area contributed by atoms with Gasteiger partial charge in [0.25, 0.3) is 0 Å². The maximum absolute atomic E-state index is 12.8. The van der Waals surface area contributed by atoms with Crippen LogP contribution in [0.25, 0.3) is 0 Å². The smallest absolute Gasteiger partial charge is 0.243 e. The lowest BCUT2D eigenvalue weighted by Crippen LogP contribution is -2.48. The second kappa shape index (κ2) is 6.43. The van der Waals surface area contributed by atoms with Crippen LogP contribution in [0.1, 0.15) is 16.8 Å². The number of rotatable bonds is 4. The van der Waals surface area contributed by atoms with E-state index in [9.17, 15) is 8.42 Å². The summed E-state index contributed by atoms with van der Waals surface area (Å²) in [7, 11) is -3.42. The lowest BCUT2D eigenvalue weighted by molar-refractivity contribution is 0.177. The molecule has 6 nitrogen and oxygen atoms in total. The van der Waals surface area contributed by atoms with Crippen molar-refractivity contribution in [1.29, 1.82) is 0 Å². The minimum Gasteiger partial charge on any atom is -0.364 e. The van der Waals surface area contributed by atoms with Crippen molar-refractivity contribution in [3.63, 3.8) is 0 Å². The van der Waals surface area contributed by atoms with Gasteiger partial charge in [0, 0.05) is 38.8 Å². The fraction of sp³-hybridized carbons (Fsp3) is 0.438. The van der Waals surface area contributed by atoms with E-state index in [1.807, 2.05) is 32.0 Å². The highest BCUT2D eigenvalue weighted by Gasteiger charge is 2.29. The molecule has 2 heterocycles. The number of hydrogen-bond donors (Lipinski definition) is 0. The van der Waals surface area contributed by atoms with E-state index in [1.165, 1.54) is 0 Å². The number of aromatic nitrogens is 1. The van der Waals surface area contributed by atoms with Crippen LogP contribution in [0.2, 0.25) is 0 Å². The molecule has 0 aliphatic carbocycles. The van der Waals surface area contributed by atoms with Crippen LogP contribution in [0.15, 0.2) is 39.9 Å². The molecule has 0 amide bonds. The summed E-state index contributed by atoms with van der Waals surface area (Å²) in [5.74, 6) is 0. The van der Waals surface area contributed by atoms with Crippen LogP contribution in [0.3, 0.4) is 0 Å². The molecule has 0 N–H and O–H groups in total. The van der Waals surface area contributed by atoms with Gasteiger partial charge in [-0.2, -0.15) is 4.31 Å². The first-order valence-electron chi connectivity index (χ1n) is 7.66. The summed E-state index contributed by atoms with van der Waals surface area (Å²) in [5.41, 5.74) is 2.74. The molecule has 3 rings (SSSR count). The molecule has 1 aliphatic rings. The third-order valence-corrected chi connectivity index (χ3v) is 6.22. The molecule has 0 atom stereocenters. The van der Waals surface area contributed by atoms with Crippen molar-refractivity contribution < 1.29 is 12.9 Å². The van der Waals surface area contributed by atoms with E-state index in [-0.39, 0.29) is 0 Å². The maximum atomic E-state index is 12.8. The zero-order valence-electron chi connectivity index (χ0n) is 13.4. The lowest BCUT2D eigenvalue weighted by Gasteiger charge is -2.33. The fourth-order valence-electron chi connectivity index (χ4n) is 2.90. The molecule has 1 aliphatic heterocycles. The van der Waals surface area contributed by atoms with Crippen molar-refractivity contribution in [2.45, 2.75) is 25.3 Å². The monoisotopic (exact) mass is 335 g/mol. The van der Waals surface area contributed by atoms with Crippen molar-refractivity contribution in [3.05, 3.63) is 47.3 Å². The first-order valence-corrected chi connectivity index (χ1v) is 9.10. The first kappa shape index (κ1) is 16.2. The Kier molecular flexibility index (Phi) is 4.52. The van der Waals surface area contributed by atoms with E-state index in [1.54, 1.807) is 16.6 Å². The average Bonchev–Trinajstić information content (AvgIpc) is 3.00. The van der Waals surface area contributed by atoms with Gasteiger partial charge in [-0.1, -0.05) is 22.9 Å². The molecule has 0 bridgehead atoms. The molecule has 0 spiro atoms. The average molecular weight is 335 g/mol. The molecular formula is C16H21N3O3S. The summed E-state index contributed by atoms with van der Waals surface area (Å²) < 4.78 is 32.0. The number of piperazine rings is 1. The Morgan fingerprint density at radius 1 is 1.13 bits per heavy atom. The molecule has 0 unspecified atom stereocenters. The summed E-state index contributed by atoms with van der Waals surface area (Å²) in [6, 6.07) is 7.30. The zero-order chi connectivity index (χ0) is 16.4. The van der Waals surface area contributed by atoms with E-state index in [0.717, 1.165) is 16.8 Å². The minimum atomic E-state index is -3.42.